The van der Waals surface area contributed by atoms with Gasteiger partial charge in [-0.2, -0.15) is 0 Å². The van der Waals surface area contributed by atoms with Crippen molar-refractivity contribution >= 4 is 17.6 Å². The summed E-state index contributed by atoms with van der Waals surface area (Å²) in [4.78, 5) is 17.7. The van der Waals surface area contributed by atoms with E-state index < -0.39 is 6.03 Å². The number of hydrogen-bond donors (Lipinski definition) is 2. The van der Waals surface area contributed by atoms with Gasteiger partial charge in [-0.15, -0.1) is 0 Å². The first kappa shape index (κ1) is 16.8. The van der Waals surface area contributed by atoms with Crippen LogP contribution in [-0.4, -0.2) is 35.0 Å². The molecule has 1 saturated heterocycles. The number of nitrogens with one attached hydrogen (secondary N) is 1. The van der Waals surface area contributed by atoms with Gasteiger partial charge < -0.3 is 15.5 Å². The molecule has 24 heavy (non-hydrogen) atoms. The van der Waals surface area contributed by atoms with Crippen LogP contribution in [0.2, 0.25) is 5.02 Å². The van der Waals surface area contributed by atoms with Crippen LogP contribution in [-0.2, 0) is 0 Å². The molecule has 1 aliphatic heterocycles. The summed E-state index contributed by atoms with van der Waals surface area (Å²) < 4.78 is 5.93. The van der Waals surface area contributed by atoms with Crippen molar-refractivity contribution < 1.29 is 9.21 Å². The number of nitrogens with zero attached hydrogens (tertiary/aromatic N) is 2. The monoisotopic (exact) mass is 348 g/mol. The second-order valence-corrected chi connectivity index (χ2v) is 6.50. The van der Waals surface area contributed by atoms with Gasteiger partial charge in [0, 0.05) is 29.7 Å². The van der Waals surface area contributed by atoms with Crippen LogP contribution >= 0.6 is 11.6 Å². The lowest BCUT2D eigenvalue weighted by Gasteiger charge is -2.34. The molecule has 0 saturated carbocycles. The molecule has 1 aliphatic rings. The van der Waals surface area contributed by atoms with Crippen LogP contribution in [0, 0.1) is 0 Å². The third kappa shape index (κ3) is 3.88. The highest BCUT2D eigenvalue weighted by Crippen LogP contribution is 2.28. The Morgan fingerprint density at radius 1 is 1.38 bits per heavy atom. The van der Waals surface area contributed by atoms with Gasteiger partial charge in [0.15, 0.2) is 5.76 Å². The average molecular weight is 349 g/mol. The van der Waals surface area contributed by atoms with Gasteiger partial charge in [-0.1, -0.05) is 11.6 Å². The van der Waals surface area contributed by atoms with E-state index >= 15 is 0 Å². The van der Waals surface area contributed by atoms with Crippen LogP contribution in [0.25, 0.3) is 11.3 Å². The molecule has 0 unspecified atom stereocenters. The number of rotatable bonds is 4. The molecule has 1 fully saturated rings. The number of amides is 2. The van der Waals surface area contributed by atoms with Gasteiger partial charge in [0.1, 0.15) is 0 Å². The molecule has 2 heterocycles. The summed E-state index contributed by atoms with van der Waals surface area (Å²) in [7, 11) is 0. The fourth-order valence-electron chi connectivity index (χ4n) is 3.02. The van der Waals surface area contributed by atoms with Crippen LogP contribution in [0.15, 0.2) is 34.9 Å². The summed E-state index contributed by atoms with van der Waals surface area (Å²) >= 11 is 5.91. The van der Waals surface area contributed by atoms with Gasteiger partial charge in [-0.25, -0.2) is 9.78 Å². The number of aromatic nitrogens is 1. The second-order valence-electron chi connectivity index (χ2n) is 6.06. The van der Waals surface area contributed by atoms with E-state index in [2.05, 4.69) is 22.1 Å². The predicted octanol–water partition coefficient (Wildman–Crippen LogP) is 3.19. The van der Waals surface area contributed by atoms with Gasteiger partial charge in [-0.3, -0.25) is 4.90 Å². The number of likely N-dealkylation sites (tertiary alicyclic amines) is 1. The molecule has 0 spiro atoms. The molecule has 1 atom stereocenters. The number of carbonyl (C=O) groups excluding carboxylic acids is 1. The molecule has 1 aromatic carbocycles. The topological polar surface area (TPSA) is 84.4 Å². The summed E-state index contributed by atoms with van der Waals surface area (Å²) in [5.74, 6) is 1.43. The Hall–Kier alpha value is -2.05. The van der Waals surface area contributed by atoms with Crippen molar-refractivity contribution in [3.63, 3.8) is 0 Å². The SMILES string of the molecule is C[C@H](c1ncc(-c2ccc(Cl)cc2)o1)N1CCC(NC(N)=O)CC1. The molecule has 3 rings (SSSR count). The first-order valence-corrected chi connectivity index (χ1v) is 8.42. The van der Waals surface area contributed by atoms with E-state index in [9.17, 15) is 4.79 Å². The van der Waals surface area contributed by atoms with Crippen LogP contribution in [0.1, 0.15) is 31.7 Å². The number of oxazole rings is 1. The lowest BCUT2D eigenvalue weighted by Crippen LogP contribution is -2.46. The molecular formula is C17H21ClN4O2. The minimum Gasteiger partial charge on any atom is -0.439 e. The van der Waals surface area contributed by atoms with Crippen molar-refractivity contribution in [3.8, 4) is 11.3 Å². The largest absolute Gasteiger partial charge is 0.439 e. The summed E-state index contributed by atoms with van der Waals surface area (Å²) in [5, 5.41) is 3.47. The number of carbonyl (C=O) groups is 1. The first-order chi connectivity index (χ1) is 11.5. The van der Waals surface area contributed by atoms with Crippen LogP contribution in [0.4, 0.5) is 4.79 Å². The predicted molar refractivity (Wildman–Crippen MR) is 92.7 cm³/mol. The van der Waals surface area contributed by atoms with E-state index in [4.69, 9.17) is 21.8 Å². The van der Waals surface area contributed by atoms with Gasteiger partial charge >= 0.3 is 6.03 Å². The van der Waals surface area contributed by atoms with Crippen molar-refractivity contribution in [2.24, 2.45) is 5.73 Å². The zero-order valence-corrected chi connectivity index (χ0v) is 14.3. The van der Waals surface area contributed by atoms with Gasteiger partial charge in [-0.05, 0) is 44.0 Å². The van der Waals surface area contributed by atoms with Gasteiger partial charge in [0.25, 0.3) is 0 Å². The van der Waals surface area contributed by atoms with Crippen LogP contribution < -0.4 is 11.1 Å². The summed E-state index contributed by atoms with van der Waals surface area (Å²) in [6, 6.07) is 7.27. The number of nitrogens with two attached hydrogens (primary N) is 1. The van der Waals surface area contributed by atoms with E-state index in [0.717, 1.165) is 37.3 Å². The Balaban J connectivity index is 1.63. The van der Waals surface area contributed by atoms with Crippen molar-refractivity contribution in [3.05, 3.63) is 41.4 Å². The number of halogens is 1. The number of primary amides is 1. The normalized spacial score (nSPS) is 17.6. The van der Waals surface area contributed by atoms with E-state index in [1.54, 1.807) is 6.20 Å². The third-order valence-electron chi connectivity index (χ3n) is 4.43. The van der Waals surface area contributed by atoms with Crippen LogP contribution in [0.3, 0.4) is 0 Å². The van der Waals surface area contributed by atoms with Crippen molar-refractivity contribution in [1.82, 2.24) is 15.2 Å². The quantitative estimate of drug-likeness (QED) is 0.888. The molecule has 7 heteroatoms. The minimum atomic E-state index is -0.457. The smallest absolute Gasteiger partial charge is 0.312 e. The lowest BCUT2D eigenvalue weighted by molar-refractivity contribution is 0.137. The van der Waals surface area contributed by atoms with Gasteiger partial charge in [0.2, 0.25) is 5.89 Å². The van der Waals surface area contributed by atoms with Crippen LogP contribution in [0.5, 0.6) is 0 Å². The summed E-state index contributed by atoms with van der Waals surface area (Å²) in [5.41, 5.74) is 6.13. The molecule has 3 N–H and O–H groups in total. The Morgan fingerprint density at radius 3 is 2.67 bits per heavy atom. The van der Waals surface area contributed by atoms with Crippen molar-refractivity contribution in [2.75, 3.05) is 13.1 Å². The third-order valence-corrected chi connectivity index (χ3v) is 4.69. The molecule has 2 amide bonds. The Morgan fingerprint density at radius 2 is 2.04 bits per heavy atom. The van der Waals surface area contributed by atoms with Crippen molar-refractivity contribution in [2.45, 2.75) is 31.8 Å². The fourth-order valence-corrected chi connectivity index (χ4v) is 3.14. The van der Waals surface area contributed by atoms with E-state index in [1.165, 1.54) is 0 Å². The molecule has 0 radical (unpaired) electrons. The number of piperidine rings is 1. The zero-order chi connectivity index (χ0) is 17.1. The molecule has 0 bridgehead atoms. The zero-order valence-electron chi connectivity index (χ0n) is 13.5. The maximum atomic E-state index is 10.9. The molecule has 128 valence electrons. The van der Waals surface area contributed by atoms with Crippen molar-refractivity contribution in [1.29, 1.82) is 0 Å². The summed E-state index contributed by atoms with van der Waals surface area (Å²) in [6.45, 7) is 3.81. The molecule has 2 aromatic rings. The first-order valence-electron chi connectivity index (χ1n) is 8.04. The fraction of sp³-hybridized carbons (Fsp3) is 0.412. The molecule has 6 nitrogen and oxygen atoms in total. The highest BCUT2D eigenvalue weighted by molar-refractivity contribution is 6.30. The number of hydrogen-bond acceptors (Lipinski definition) is 4. The van der Waals surface area contributed by atoms with E-state index in [-0.39, 0.29) is 12.1 Å². The second kappa shape index (κ2) is 7.23. The Bertz CT molecular complexity index is 693. The average Bonchev–Trinajstić information content (AvgIpc) is 3.05. The number of benzene rings is 1. The van der Waals surface area contributed by atoms with Gasteiger partial charge in [0.05, 0.1) is 12.2 Å². The van der Waals surface area contributed by atoms with E-state index in [0.29, 0.717) is 10.9 Å². The highest BCUT2D eigenvalue weighted by atomic mass is 35.5. The maximum absolute atomic E-state index is 10.9. The molecule has 0 aliphatic carbocycles. The Labute approximate surface area is 146 Å². The maximum Gasteiger partial charge on any atom is 0.312 e. The lowest BCUT2D eigenvalue weighted by atomic mass is 10.0. The standard InChI is InChI=1S/C17H21ClN4O2/c1-11(22-8-6-14(7-9-22)21-17(19)23)16-20-10-15(24-16)12-2-4-13(18)5-3-12/h2-5,10-11,14H,6-9H2,1H3,(H3,19,21,23)/t11-/m1/s1. The highest BCUT2D eigenvalue weighted by Gasteiger charge is 2.26. The van der Waals surface area contributed by atoms with E-state index in [1.807, 2.05) is 24.3 Å². The molecule has 1 aromatic heterocycles. The summed E-state index contributed by atoms with van der Waals surface area (Å²) in [6.07, 6.45) is 3.49. The molecular weight excluding hydrogens is 328 g/mol. The Kier molecular flexibility index (Phi) is 5.06. The minimum absolute atomic E-state index is 0.0839. The number of urea groups is 1.